The predicted octanol–water partition coefficient (Wildman–Crippen LogP) is 2.67. The molecular weight excluding hydrogens is 262 g/mol. The number of hydrogen-bond acceptors (Lipinski definition) is 0. The van der Waals surface area contributed by atoms with Gasteiger partial charge in [0.2, 0.25) is 0 Å². The molecule has 1 heterocycles. The summed E-state index contributed by atoms with van der Waals surface area (Å²) in [6, 6.07) is 0. The molecule has 0 spiro atoms. The van der Waals surface area contributed by atoms with Gasteiger partial charge in [-0.1, -0.05) is 0 Å². The average Bonchev–Trinajstić information content (AvgIpc) is 1.92. The van der Waals surface area contributed by atoms with Crippen LogP contribution in [-0.2, 0) is 0 Å². The summed E-state index contributed by atoms with van der Waals surface area (Å²) in [5, 5.41) is 0. The van der Waals surface area contributed by atoms with E-state index in [0.29, 0.717) is 0 Å². The summed E-state index contributed by atoms with van der Waals surface area (Å²) >= 11 is -2.79. The predicted molar refractivity (Wildman–Crippen MR) is 44.9 cm³/mol. The van der Waals surface area contributed by atoms with Crippen LogP contribution in [0.15, 0.2) is 32.5 Å². The molecule has 0 aromatic rings. The molecule has 0 bridgehead atoms. The van der Waals surface area contributed by atoms with Crippen LogP contribution in [0.5, 0.6) is 0 Å². The Morgan fingerprint density at radius 1 is 0.778 bits per heavy atom. The summed E-state index contributed by atoms with van der Waals surface area (Å²) in [4.78, 5) is 0. The van der Waals surface area contributed by atoms with Crippen molar-refractivity contribution < 1.29 is 0 Å². The Bertz CT molecular complexity index is 161. The topological polar surface area (TPSA) is 0 Å². The Balaban J connectivity index is 2.82. The molecule has 0 aromatic carbocycles. The second kappa shape index (κ2) is 3.13. The first kappa shape index (κ1) is 7.70. The zero-order valence-corrected chi connectivity index (χ0v) is 9.09. The maximum atomic E-state index is 5.94. The van der Waals surface area contributed by atoms with Crippen molar-refractivity contribution in [1.82, 2.24) is 0 Å². The Hall–Kier alpha value is 0.599. The van der Waals surface area contributed by atoms with Crippen LogP contribution in [0.1, 0.15) is 0 Å². The van der Waals surface area contributed by atoms with Gasteiger partial charge in [0.15, 0.2) is 0 Å². The second-order valence-electron chi connectivity index (χ2n) is 1.78. The van der Waals surface area contributed by atoms with Gasteiger partial charge in [-0.2, -0.15) is 0 Å². The Morgan fingerprint density at radius 2 is 1.22 bits per heavy atom. The van der Waals surface area contributed by atoms with Crippen LogP contribution in [0.4, 0.5) is 0 Å². The zero-order chi connectivity index (χ0) is 6.74. The standard InChI is InChI=1S/C6H6.2ClH.Sn/c1-3-5-6-4-2;;;/h1-6H;2*1H;/q;;;+2/p-2. The molecule has 0 saturated carbocycles. The van der Waals surface area contributed by atoms with Gasteiger partial charge >= 0.3 is 66.5 Å². The molecule has 0 atom stereocenters. The van der Waals surface area contributed by atoms with Crippen molar-refractivity contribution in [2.45, 2.75) is 0 Å². The summed E-state index contributed by atoms with van der Waals surface area (Å²) in [6.07, 6.45) is 7.69. The minimum atomic E-state index is -2.79. The number of rotatable bonds is 0. The van der Waals surface area contributed by atoms with Crippen LogP contribution in [0, 0.1) is 0 Å². The molecule has 1 aliphatic heterocycles. The van der Waals surface area contributed by atoms with Crippen molar-refractivity contribution in [1.29, 1.82) is 0 Å². The zero-order valence-electron chi connectivity index (χ0n) is 4.72. The summed E-state index contributed by atoms with van der Waals surface area (Å²) in [5.74, 6) is 0. The summed E-state index contributed by atoms with van der Waals surface area (Å²) in [5.41, 5.74) is 0. The first-order valence-corrected chi connectivity index (χ1v) is 13.1. The van der Waals surface area contributed by atoms with E-state index in [1.54, 1.807) is 0 Å². The Kier molecular flexibility index (Phi) is 2.68. The van der Waals surface area contributed by atoms with Crippen molar-refractivity contribution in [3.05, 3.63) is 32.5 Å². The second-order valence-corrected chi connectivity index (χ2v) is 17.2. The summed E-state index contributed by atoms with van der Waals surface area (Å²) < 4.78 is 3.86. The summed E-state index contributed by atoms with van der Waals surface area (Å²) in [7, 11) is 11.9. The van der Waals surface area contributed by atoms with Gasteiger partial charge in [0.1, 0.15) is 0 Å². The number of allylic oxidation sites excluding steroid dienone is 4. The first-order chi connectivity index (χ1) is 4.21. The fourth-order valence-electron chi connectivity index (χ4n) is 0.552. The van der Waals surface area contributed by atoms with Crippen molar-refractivity contribution in [2.75, 3.05) is 0 Å². The molecule has 0 saturated heterocycles. The van der Waals surface area contributed by atoms with Gasteiger partial charge in [0.05, 0.1) is 0 Å². The number of hydrogen-bond donors (Lipinski definition) is 0. The van der Waals surface area contributed by atoms with E-state index in [1.165, 1.54) is 0 Å². The van der Waals surface area contributed by atoms with Gasteiger partial charge in [-0.05, 0) is 0 Å². The van der Waals surface area contributed by atoms with E-state index in [9.17, 15) is 0 Å². The number of halogens is 2. The van der Waals surface area contributed by atoms with E-state index in [1.807, 2.05) is 32.5 Å². The fraction of sp³-hybridized carbons (Fsp3) is 0. The van der Waals surface area contributed by atoms with Crippen LogP contribution >= 0.6 is 17.8 Å². The van der Waals surface area contributed by atoms with Crippen LogP contribution in [0.3, 0.4) is 0 Å². The van der Waals surface area contributed by atoms with Gasteiger partial charge in [0.25, 0.3) is 0 Å². The van der Waals surface area contributed by atoms with Crippen molar-refractivity contribution in [3.63, 3.8) is 0 Å². The molecule has 1 aliphatic rings. The van der Waals surface area contributed by atoms with Gasteiger partial charge in [0, 0.05) is 0 Å². The molecule has 0 aliphatic carbocycles. The maximum absolute atomic E-state index is 5.94. The molecule has 0 N–H and O–H groups in total. The molecule has 1 rings (SSSR count). The van der Waals surface area contributed by atoms with Gasteiger partial charge in [-0.3, -0.25) is 0 Å². The molecule has 0 unspecified atom stereocenters. The van der Waals surface area contributed by atoms with Gasteiger partial charge in [-0.15, -0.1) is 0 Å². The normalized spacial score (nSPS) is 22.0. The Morgan fingerprint density at radius 3 is 1.67 bits per heavy atom. The van der Waals surface area contributed by atoms with Crippen molar-refractivity contribution in [2.24, 2.45) is 0 Å². The third kappa shape index (κ3) is 2.78. The summed E-state index contributed by atoms with van der Waals surface area (Å²) in [6.45, 7) is 0. The van der Waals surface area contributed by atoms with Gasteiger partial charge < -0.3 is 0 Å². The molecule has 3 heteroatoms. The third-order valence-electron chi connectivity index (χ3n) is 0.970. The first-order valence-electron chi connectivity index (χ1n) is 2.62. The third-order valence-corrected chi connectivity index (χ3v) is 7.99. The average molecular weight is 268 g/mol. The van der Waals surface area contributed by atoms with E-state index >= 15 is 0 Å². The van der Waals surface area contributed by atoms with E-state index in [0.717, 1.165) is 0 Å². The quantitative estimate of drug-likeness (QED) is 0.592. The van der Waals surface area contributed by atoms with E-state index in [4.69, 9.17) is 17.8 Å². The van der Waals surface area contributed by atoms with Crippen molar-refractivity contribution in [3.8, 4) is 0 Å². The molecule has 0 amide bonds. The van der Waals surface area contributed by atoms with Crippen LogP contribution < -0.4 is 0 Å². The Labute approximate surface area is 66.2 Å². The van der Waals surface area contributed by atoms with Crippen LogP contribution in [-0.4, -0.2) is 16.1 Å². The van der Waals surface area contributed by atoms with Crippen LogP contribution in [0.2, 0.25) is 0 Å². The molecule has 0 nitrogen and oxygen atoms in total. The van der Waals surface area contributed by atoms with E-state index in [2.05, 4.69) is 0 Å². The fourth-order valence-corrected chi connectivity index (χ4v) is 4.92. The molecule has 9 heavy (non-hydrogen) atoms. The molecule has 0 aromatic heterocycles. The van der Waals surface area contributed by atoms with E-state index < -0.39 is 16.1 Å². The van der Waals surface area contributed by atoms with Gasteiger partial charge in [-0.25, -0.2) is 0 Å². The molecule has 48 valence electrons. The van der Waals surface area contributed by atoms with Crippen molar-refractivity contribution >= 4 is 34.0 Å². The SMILES string of the molecule is [Cl][Sn]1([Cl])[CH]=CC=CC=[CH]1. The molecule has 0 radical (unpaired) electrons. The van der Waals surface area contributed by atoms with Crippen LogP contribution in [0.25, 0.3) is 0 Å². The van der Waals surface area contributed by atoms with E-state index in [-0.39, 0.29) is 0 Å². The minimum absolute atomic E-state index is 1.91. The molecule has 0 fully saturated rings. The molecular formula is C6H6Cl2Sn. The monoisotopic (exact) mass is 268 g/mol.